The molecule has 0 aromatic rings. The van der Waals surface area contributed by atoms with Crippen LogP contribution in [0.15, 0.2) is 0 Å². The number of amides is 1. The predicted octanol–water partition coefficient (Wildman–Crippen LogP) is 1.23. The maximum atomic E-state index is 11.5. The summed E-state index contributed by atoms with van der Waals surface area (Å²) in [5.41, 5.74) is -1.09. The molecule has 0 saturated carbocycles. The Hall–Kier alpha value is -0.580. The lowest BCUT2D eigenvalue weighted by atomic mass is 10.1. The molecule has 0 aromatic carbocycles. The largest absolute Gasteiger partial charge is 0.450 e. The van der Waals surface area contributed by atoms with Gasteiger partial charge < -0.3 is 10.1 Å². The van der Waals surface area contributed by atoms with E-state index in [1.807, 2.05) is 0 Å². The summed E-state index contributed by atoms with van der Waals surface area (Å²) in [5, 5.41) is 3.52. The van der Waals surface area contributed by atoms with Gasteiger partial charge in [-0.15, -0.1) is 0 Å². The molecule has 82 valence electrons. The van der Waals surface area contributed by atoms with Crippen LogP contribution in [-0.2, 0) is 14.3 Å². The molecule has 0 unspecified atom stereocenters. The normalized spacial score (nSPS) is 10.9. The lowest BCUT2D eigenvalue weighted by molar-refractivity contribution is -0.162. The first-order valence-electron chi connectivity index (χ1n) is 4.44. The molecule has 0 saturated heterocycles. The van der Waals surface area contributed by atoms with E-state index in [0.29, 0.717) is 6.54 Å². The summed E-state index contributed by atoms with van der Waals surface area (Å²) in [7, 11) is 0. The number of carbonyl (C=O) groups excluding carboxylic acids is 2. The van der Waals surface area contributed by atoms with Crippen LogP contribution in [0.4, 0.5) is 0 Å². The van der Waals surface area contributed by atoms with Gasteiger partial charge in [0.1, 0.15) is 0 Å². The molecule has 5 heteroatoms. The number of ether oxygens (including phenoxy) is 1. The molecule has 1 amide bonds. The molecule has 0 rings (SSSR count). The Kier molecular flexibility index (Phi) is 5.76. The van der Waals surface area contributed by atoms with Gasteiger partial charge in [0.05, 0.1) is 0 Å². The van der Waals surface area contributed by atoms with Crippen LogP contribution >= 0.6 is 15.9 Å². The van der Waals surface area contributed by atoms with Gasteiger partial charge >= 0.3 is 5.97 Å². The summed E-state index contributed by atoms with van der Waals surface area (Å²) in [6, 6.07) is 0. The molecule has 0 aliphatic heterocycles. The highest BCUT2D eigenvalue weighted by molar-refractivity contribution is 9.09. The van der Waals surface area contributed by atoms with Gasteiger partial charge in [0.25, 0.3) is 5.91 Å². The fourth-order valence-corrected chi connectivity index (χ4v) is 1.17. The van der Waals surface area contributed by atoms with E-state index in [9.17, 15) is 9.59 Å². The molecule has 0 aliphatic rings. The van der Waals surface area contributed by atoms with Crippen LogP contribution in [0.5, 0.6) is 0 Å². The van der Waals surface area contributed by atoms with Crippen molar-refractivity contribution in [3.05, 3.63) is 0 Å². The Morgan fingerprint density at radius 3 is 2.43 bits per heavy atom. The molecule has 0 aliphatic carbocycles. The number of hydrogen-bond donors (Lipinski definition) is 1. The molecule has 0 aromatic heterocycles. The van der Waals surface area contributed by atoms with Crippen LogP contribution in [0.2, 0.25) is 0 Å². The monoisotopic (exact) mass is 265 g/mol. The fourth-order valence-electron chi connectivity index (χ4n) is 0.887. The maximum absolute atomic E-state index is 11.5. The van der Waals surface area contributed by atoms with E-state index in [2.05, 4.69) is 21.2 Å². The summed E-state index contributed by atoms with van der Waals surface area (Å²) in [6.45, 7) is 5.00. The Morgan fingerprint density at radius 2 is 2.00 bits per heavy atom. The second kappa shape index (κ2) is 6.01. The second-order valence-corrected chi connectivity index (χ2v) is 4.20. The van der Waals surface area contributed by atoms with Gasteiger partial charge in [-0.25, -0.2) is 0 Å². The first-order chi connectivity index (χ1) is 6.40. The Morgan fingerprint density at radius 1 is 1.43 bits per heavy atom. The van der Waals surface area contributed by atoms with Gasteiger partial charge in [-0.2, -0.15) is 0 Å². The number of nitrogens with one attached hydrogen (secondary N) is 1. The molecule has 0 spiro atoms. The van der Waals surface area contributed by atoms with Crippen molar-refractivity contribution in [1.29, 1.82) is 0 Å². The zero-order valence-electron chi connectivity index (χ0n) is 8.72. The topological polar surface area (TPSA) is 55.4 Å². The van der Waals surface area contributed by atoms with E-state index in [0.717, 1.165) is 11.8 Å². The second-order valence-electron chi connectivity index (χ2n) is 3.40. The van der Waals surface area contributed by atoms with E-state index in [1.54, 1.807) is 13.8 Å². The zero-order chi connectivity index (χ0) is 11.2. The summed E-state index contributed by atoms with van der Waals surface area (Å²) >= 11 is 3.25. The number of alkyl halides is 1. The van der Waals surface area contributed by atoms with Crippen molar-refractivity contribution in [2.45, 2.75) is 32.8 Å². The predicted molar refractivity (Wildman–Crippen MR) is 57.3 cm³/mol. The number of carbonyl (C=O) groups is 2. The molecule has 0 heterocycles. The molecular weight excluding hydrogens is 250 g/mol. The van der Waals surface area contributed by atoms with Crippen LogP contribution in [0.1, 0.15) is 27.2 Å². The Labute approximate surface area is 92.5 Å². The van der Waals surface area contributed by atoms with Crippen LogP contribution in [0.3, 0.4) is 0 Å². The number of rotatable bonds is 5. The smallest absolute Gasteiger partial charge is 0.303 e. The van der Waals surface area contributed by atoms with E-state index in [4.69, 9.17) is 4.74 Å². The quantitative estimate of drug-likeness (QED) is 0.462. The van der Waals surface area contributed by atoms with E-state index in [-0.39, 0.29) is 5.91 Å². The summed E-state index contributed by atoms with van der Waals surface area (Å²) in [4.78, 5) is 22.2. The van der Waals surface area contributed by atoms with Crippen LogP contribution < -0.4 is 5.32 Å². The van der Waals surface area contributed by atoms with Crippen molar-refractivity contribution >= 4 is 27.8 Å². The molecular formula is C9H16BrNO3. The lowest BCUT2D eigenvalue weighted by Gasteiger charge is -2.23. The van der Waals surface area contributed by atoms with Crippen LogP contribution in [0.25, 0.3) is 0 Å². The van der Waals surface area contributed by atoms with Crippen LogP contribution in [0, 0.1) is 0 Å². The minimum absolute atomic E-state index is 0.270. The van der Waals surface area contributed by atoms with Gasteiger partial charge in [0.2, 0.25) is 0 Å². The SMILES string of the molecule is CC(=O)OC(C)(C)C(=O)NCCCBr. The molecule has 1 N–H and O–H groups in total. The minimum atomic E-state index is -1.09. The highest BCUT2D eigenvalue weighted by Gasteiger charge is 2.30. The molecule has 0 bridgehead atoms. The average Bonchev–Trinajstić information content (AvgIpc) is 2.02. The van der Waals surface area contributed by atoms with Crippen molar-refractivity contribution in [3.8, 4) is 0 Å². The van der Waals surface area contributed by atoms with E-state index >= 15 is 0 Å². The maximum Gasteiger partial charge on any atom is 0.303 e. The highest BCUT2D eigenvalue weighted by Crippen LogP contribution is 2.09. The first-order valence-corrected chi connectivity index (χ1v) is 5.56. The lowest BCUT2D eigenvalue weighted by Crippen LogP contribution is -2.45. The Bertz CT molecular complexity index is 216. The summed E-state index contributed by atoms with van der Waals surface area (Å²) in [6.07, 6.45) is 0.849. The standard InChI is InChI=1S/C9H16BrNO3/c1-7(12)14-9(2,3)8(13)11-6-4-5-10/h4-6H2,1-3H3,(H,11,13). The van der Waals surface area contributed by atoms with Crippen molar-refractivity contribution in [3.63, 3.8) is 0 Å². The van der Waals surface area contributed by atoms with E-state index < -0.39 is 11.6 Å². The average molecular weight is 266 g/mol. The molecule has 0 fully saturated rings. The van der Waals surface area contributed by atoms with E-state index in [1.165, 1.54) is 6.92 Å². The minimum Gasteiger partial charge on any atom is -0.450 e. The fraction of sp³-hybridized carbons (Fsp3) is 0.778. The number of hydrogen-bond acceptors (Lipinski definition) is 3. The molecule has 14 heavy (non-hydrogen) atoms. The zero-order valence-corrected chi connectivity index (χ0v) is 10.3. The first kappa shape index (κ1) is 13.4. The third-order valence-electron chi connectivity index (χ3n) is 1.54. The van der Waals surface area contributed by atoms with Gasteiger partial charge in [0, 0.05) is 18.8 Å². The van der Waals surface area contributed by atoms with Gasteiger partial charge in [-0.1, -0.05) is 15.9 Å². The summed E-state index contributed by atoms with van der Waals surface area (Å²) < 4.78 is 4.87. The van der Waals surface area contributed by atoms with Gasteiger partial charge in [-0.05, 0) is 20.3 Å². The highest BCUT2D eigenvalue weighted by atomic mass is 79.9. The Balaban J connectivity index is 4.01. The molecule has 4 nitrogen and oxygen atoms in total. The van der Waals surface area contributed by atoms with Gasteiger partial charge in [-0.3, -0.25) is 9.59 Å². The summed E-state index contributed by atoms with van der Waals surface area (Å²) in [5.74, 6) is -0.723. The third kappa shape index (κ3) is 5.21. The number of halogens is 1. The number of esters is 1. The molecule has 0 radical (unpaired) electrons. The van der Waals surface area contributed by atoms with Crippen molar-refractivity contribution in [2.24, 2.45) is 0 Å². The van der Waals surface area contributed by atoms with Crippen molar-refractivity contribution in [1.82, 2.24) is 5.32 Å². The van der Waals surface area contributed by atoms with Crippen molar-refractivity contribution < 1.29 is 14.3 Å². The molecule has 0 atom stereocenters. The van der Waals surface area contributed by atoms with Gasteiger partial charge in [0.15, 0.2) is 5.60 Å². The van der Waals surface area contributed by atoms with Crippen LogP contribution in [-0.4, -0.2) is 29.4 Å². The third-order valence-corrected chi connectivity index (χ3v) is 2.10. The van der Waals surface area contributed by atoms with Crippen molar-refractivity contribution in [2.75, 3.05) is 11.9 Å².